The highest BCUT2D eigenvalue weighted by molar-refractivity contribution is 5.92. The summed E-state index contributed by atoms with van der Waals surface area (Å²) < 4.78 is 5.23. The normalized spacial score (nSPS) is 27.8. The molecule has 0 bridgehead atoms. The van der Waals surface area contributed by atoms with Crippen molar-refractivity contribution in [1.29, 1.82) is 0 Å². The van der Waals surface area contributed by atoms with Crippen LogP contribution >= 0.6 is 0 Å². The van der Waals surface area contributed by atoms with Crippen molar-refractivity contribution in [2.24, 2.45) is 10.8 Å². The molecule has 2 spiro atoms. The van der Waals surface area contributed by atoms with Crippen LogP contribution in [-0.4, -0.2) is 72.2 Å². The second-order valence-corrected chi connectivity index (χ2v) is 7.98. The minimum Gasteiger partial charge on any atom is -0.459 e. The van der Waals surface area contributed by atoms with Gasteiger partial charge < -0.3 is 19.1 Å². The number of amides is 3. The summed E-state index contributed by atoms with van der Waals surface area (Å²) >= 11 is 0. The number of piperidine rings is 1. The molecule has 3 aliphatic rings. The summed E-state index contributed by atoms with van der Waals surface area (Å²) in [5.74, 6) is 0.434. The van der Waals surface area contributed by atoms with Gasteiger partial charge in [0.1, 0.15) is 0 Å². The van der Waals surface area contributed by atoms with Gasteiger partial charge in [0, 0.05) is 52.1 Å². The van der Waals surface area contributed by atoms with E-state index in [2.05, 4.69) is 0 Å². The zero-order valence-corrected chi connectivity index (χ0v) is 15.4. The average molecular weight is 359 g/mol. The first kappa shape index (κ1) is 17.1. The van der Waals surface area contributed by atoms with Gasteiger partial charge >= 0.3 is 0 Å². The molecule has 0 N–H and O–H groups in total. The lowest BCUT2D eigenvalue weighted by atomic mass is 9.60. The largest absolute Gasteiger partial charge is 0.459 e. The highest BCUT2D eigenvalue weighted by Gasteiger charge is 2.65. The molecule has 0 aliphatic carbocycles. The molecular weight excluding hydrogens is 334 g/mol. The van der Waals surface area contributed by atoms with Crippen LogP contribution in [0.5, 0.6) is 0 Å². The summed E-state index contributed by atoms with van der Waals surface area (Å²) in [4.78, 5) is 43.1. The zero-order chi connectivity index (χ0) is 18.5. The molecule has 140 valence electrons. The van der Waals surface area contributed by atoms with E-state index in [9.17, 15) is 14.4 Å². The maximum Gasteiger partial charge on any atom is 0.289 e. The SMILES string of the molecule is CC(=O)N1CC2(CCN(C(=O)c3ccco3)CC2)[C@]2(CCN(C)C2=O)C1. The molecule has 1 aromatic heterocycles. The Morgan fingerprint density at radius 3 is 2.35 bits per heavy atom. The summed E-state index contributed by atoms with van der Waals surface area (Å²) in [5.41, 5.74) is -0.728. The van der Waals surface area contributed by atoms with Crippen molar-refractivity contribution in [3.8, 4) is 0 Å². The van der Waals surface area contributed by atoms with Crippen LogP contribution in [0.3, 0.4) is 0 Å². The van der Waals surface area contributed by atoms with Gasteiger partial charge in [0.15, 0.2) is 5.76 Å². The van der Waals surface area contributed by atoms with Gasteiger partial charge in [-0.3, -0.25) is 14.4 Å². The molecule has 7 nitrogen and oxygen atoms in total. The van der Waals surface area contributed by atoms with Crippen LogP contribution in [0.15, 0.2) is 22.8 Å². The fraction of sp³-hybridized carbons (Fsp3) is 0.632. The van der Waals surface area contributed by atoms with Crippen molar-refractivity contribution in [1.82, 2.24) is 14.7 Å². The van der Waals surface area contributed by atoms with E-state index in [4.69, 9.17) is 4.42 Å². The van der Waals surface area contributed by atoms with Crippen molar-refractivity contribution < 1.29 is 18.8 Å². The summed E-state index contributed by atoms with van der Waals surface area (Å²) in [6, 6.07) is 3.39. The van der Waals surface area contributed by atoms with Crippen LogP contribution < -0.4 is 0 Å². The number of fused-ring (bicyclic) bond motifs is 1. The predicted octanol–water partition coefficient (Wildman–Crippen LogP) is 1.21. The van der Waals surface area contributed by atoms with Crippen LogP contribution in [0, 0.1) is 10.8 Å². The number of carbonyl (C=O) groups is 3. The van der Waals surface area contributed by atoms with E-state index in [0.29, 0.717) is 31.9 Å². The molecule has 3 amide bonds. The summed E-state index contributed by atoms with van der Waals surface area (Å²) in [5, 5.41) is 0. The highest BCUT2D eigenvalue weighted by Crippen LogP contribution is 2.57. The monoisotopic (exact) mass is 359 g/mol. The van der Waals surface area contributed by atoms with E-state index in [0.717, 1.165) is 25.8 Å². The molecule has 0 aromatic carbocycles. The zero-order valence-electron chi connectivity index (χ0n) is 15.4. The first-order chi connectivity index (χ1) is 12.4. The molecule has 4 rings (SSSR count). The second-order valence-electron chi connectivity index (χ2n) is 7.98. The third kappa shape index (κ3) is 2.29. The van der Waals surface area contributed by atoms with Crippen LogP contribution in [0.2, 0.25) is 0 Å². The highest BCUT2D eigenvalue weighted by atomic mass is 16.3. The topological polar surface area (TPSA) is 74.1 Å². The van der Waals surface area contributed by atoms with E-state index in [1.165, 1.54) is 6.26 Å². The number of hydrogen-bond acceptors (Lipinski definition) is 4. The van der Waals surface area contributed by atoms with E-state index in [1.807, 2.05) is 11.9 Å². The standard InChI is InChI=1S/C19H25N3O4/c1-14(23)22-12-18(19(13-22)7-8-20(2)17(19)25)5-9-21(10-6-18)16(24)15-4-3-11-26-15/h3-4,11H,5-10,12-13H2,1-2H3/t19-/m1/s1. The smallest absolute Gasteiger partial charge is 0.289 e. The Balaban J connectivity index is 1.58. The minimum atomic E-state index is -0.493. The third-order valence-corrected chi connectivity index (χ3v) is 6.78. The Morgan fingerprint density at radius 1 is 1.08 bits per heavy atom. The quantitative estimate of drug-likeness (QED) is 0.755. The molecule has 0 radical (unpaired) electrons. The molecule has 1 aromatic rings. The summed E-state index contributed by atoms with van der Waals surface area (Å²) in [7, 11) is 1.84. The van der Waals surface area contributed by atoms with Crippen LogP contribution in [0.1, 0.15) is 36.7 Å². The number of likely N-dealkylation sites (tertiary alicyclic amines) is 3. The Bertz CT molecular complexity index is 736. The van der Waals surface area contributed by atoms with Crippen LogP contribution in [0.4, 0.5) is 0 Å². The fourth-order valence-corrected chi connectivity index (χ4v) is 5.19. The Kier molecular flexibility index (Phi) is 3.86. The molecule has 26 heavy (non-hydrogen) atoms. The van der Waals surface area contributed by atoms with E-state index < -0.39 is 5.41 Å². The minimum absolute atomic E-state index is 0.0256. The van der Waals surface area contributed by atoms with Gasteiger partial charge in [0.2, 0.25) is 11.8 Å². The average Bonchev–Trinajstić information content (AvgIpc) is 3.33. The molecule has 3 aliphatic heterocycles. The lowest BCUT2D eigenvalue weighted by Crippen LogP contribution is -2.53. The van der Waals surface area contributed by atoms with Crippen molar-refractivity contribution in [2.75, 3.05) is 39.8 Å². The molecule has 3 fully saturated rings. The van der Waals surface area contributed by atoms with Crippen molar-refractivity contribution in [3.63, 3.8) is 0 Å². The number of rotatable bonds is 1. The number of furan rings is 1. The van der Waals surface area contributed by atoms with Crippen molar-refractivity contribution in [3.05, 3.63) is 24.2 Å². The van der Waals surface area contributed by atoms with Crippen molar-refractivity contribution >= 4 is 17.7 Å². The second kappa shape index (κ2) is 5.86. The van der Waals surface area contributed by atoms with Gasteiger partial charge in [-0.05, 0) is 31.4 Å². The predicted molar refractivity (Wildman–Crippen MR) is 93.2 cm³/mol. The Hall–Kier alpha value is -2.31. The molecule has 0 saturated carbocycles. The van der Waals surface area contributed by atoms with Gasteiger partial charge in [-0.2, -0.15) is 0 Å². The van der Waals surface area contributed by atoms with E-state index in [-0.39, 0.29) is 23.1 Å². The molecule has 4 heterocycles. The first-order valence-electron chi connectivity index (χ1n) is 9.22. The van der Waals surface area contributed by atoms with Crippen molar-refractivity contribution in [2.45, 2.75) is 26.2 Å². The van der Waals surface area contributed by atoms with Gasteiger partial charge in [0.05, 0.1) is 11.7 Å². The third-order valence-electron chi connectivity index (χ3n) is 6.78. The maximum atomic E-state index is 13.1. The van der Waals surface area contributed by atoms with E-state index in [1.54, 1.807) is 28.9 Å². The van der Waals surface area contributed by atoms with Gasteiger partial charge in [-0.1, -0.05) is 0 Å². The maximum absolute atomic E-state index is 13.1. The summed E-state index contributed by atoms with van der Waals surface area (Å²) in [6.45, 7) is 4.61. The van der Waals surface area contributed by atoms with Gasteiger partial charge in [-0.15, -0.1) is 0 Å². The Labute approximate surface area is 152 Å². The molecule has 7 heteroatoms. The summed E-state index contributed by atoms with van der Waals surface area (Å²) in [6.07, 6.45) is 3.77. The Morgan fingerprint density at radius 2 is 1.81 bits per heavy atom. The van der Waals surface area contributed by atoms with E-state index >= 15 is 0 Å². The lowest BCUT2D eigenvalue weighted by molar-refractivity contribution is -0.141. The lowest BCUT2D eigenvalue weighted by Gasteiger charge is -2.46. The first-order valence-corrected chi connectivity index (χ1v) is 9.22. The number of carbonyl (C=O) groups excluding carboxylic acids is 3. The van der Waals surface area contributed by atoms with Crippen LogP contribution in [0.25, 0.3) is 0 Å². The van der Waals surface area contributed by atoms with Crippen LogP contribution in [-0.2, 0) is 9.59 Å². The molecule has 3 saturated heterocycles. The fourth-order valence-electron chi connectivity index (χ4n) is 5.19. The van der Waals surface area contributed by atoms with Gasteiger partial charge in [0.25, 0.3) is 5.91 Å². The molecular formula is C19H25N3O4. The number of nitrogens with zero attached hydrogens (tertiary/aromatic N) is 3. The molecule has 1 atom stereocenters. The van der Waals surface area contributed by atoms with Gasteiger partial charge in [-0.25, -0.2) is 0 Å². The molecule has 0 unspecified atom stereocenters. The number of hydrogen-bond donors (Lipinski definition) is 0.